The molecule has 0 radical (unpaired) electrons. The highest BCUT2D eigenvalue weighted by atomic mass is 32.2. The Morgan fingerprint density at radius 1 is 1.03 bits per heavy atom. The number of amides is 1. The lowest BCUT2D eigenvalue weighted by Gasteiger charge is -2.12. The third-order valence-electron chi connectivity index (χ3n) is 5.23. The van der Waals surface area contributed by atoms with Crippen molar-refractivity contribution in [3.63, 3.8) is 0 Å². The Morgan fingerprint density at radius 2 is 1.86 bits per heavy atom. The Hall–Kier alpha value is -3.82. The monoisotopic (exact) mass is 498 g/mol. The average molecular weight is 499 g/mol. The summed E-state index contributed by atoms with van der Waals surface area (Å²) in [6.45, 7) is 2.07. The van der Waals surface area contributed by atoms with Crippen LogP contribution < -0.4 is 5.32 Å². The van der Waals surface area contributed by atoms with Gasteiger partial charge in [-0.1, -0.05) is 48.2 Å². The Balaban J connectivity index is 1.32. The molecule has 3 aromatic heterocycles. The molecular weight excluding hydrogens is 476 g/mol. The number of nitrogens with zero attached hydrogens (tertiary/aromatic N) is 5. The fourth-order valence-electron chi connectivity index (χ4n) is 3.58. The molecule has 1 amide bonds. The molecule has 174 valence electrons. The smallest absolute Gasteiger partial charge is 0.231 e. The third-order valence-corrected chi connectivity index (χ3v) is 7.09. The van der Waals surface area contributed by atoms with Crippen LogP contribution in [0.5, 0.6) is 0 Å². The first kappa shape index (κ1) is 22.9. The van der Waals surface area contributed by atoms with Gasteiger partial charge in [0, 0.05) is 34.8 Å². The minimum Gasteiger partial charge on any atom is -0.326 e. The zero-order valence-corrected chi connectivity index (χ0v) is 20.6. The number of hydrogen-bond donors (Lipinski definition) is 1. The highest BCUT2D eigenvalue weighted by Gasteiger charge is 2.18. The van der Waals surface area contributed by atoms with E-state index in [-0.39, 0.29) is 12.3 Å². The molecule has 5 rings (SSSR count). The average Bonchev–Trinajstić information content (AvgIpc) is 3.51. The Labute approximate surface area is 211 Å². The normalized spacial score (nSPS) is 10.9. The van der Waals surface area contributed by atoms with Crippen molar-refractivity contribution in [2.75, 3.05) is 5.32 Å². The summed E-state index contributed by atoms with van der Waals surface area (Å²) in [7, 11) is 0. The van der Waals surface area contributed by atoms with Gasteiger partial charge < -0.3 is 5.32 Å². The van der Waals surface area contributed by atoms with E-state index in [1.54, 1.807) is 24.2 Å². The third kappa shape index (κ3) is 5.47. The molecule has 5 aromatic rings. The van der Waals surface area contributed by atoms with Crippen molar-refractivity contribution in [3.8, 4) is 17.1 Å². The van der Waals surface area contributed by atoms with E-state index in [2.05, 4.69) is 49.1 Å². The van der Waals surface area contributed by atoms with Crippen molar-refractivity contribution in [3.05, 3.63) is 101 Å². The fourth-order valence-corrected chi connectivity index (χ4v) is 5.31. The summed E-state index contributed by atoms with van der Waals surface area (Å²) in [5.74, 6) is 1.28. The number of thiazole rings is 1. The zero-order chi connectivity index (χ0) is 24.0. The molecule has 0 aliphatic heterocycles. The van der Waals surface area contributed by atoms with E-state index in [0.717, 1.165) is 44.2 Å². The van der Waals surface area contributed by atoms with Crippen LogP contribution in [-0.4, -0.2) is 30.6 Å². The molecule has 0 aliphatic carbocycles. The predicted molar refractivity (Wildman–Crippen MR) is 140 cm³/mol. The van der Waals surface area contributed by atoms with Crippen molar-refractivity contribution < 1.29 is 4.79 Å². The second-order valence-electron chi connectivity index (χ2n) is 7.78. The molecule has 0 bridgehead atoms. The summed E-state index contributed by atoms with van der Waals surface area (Å²) in [5.41, 5.74) is 4.74. The number of hydrogen-bond acceptors (Lipinski definition) is 7. The maximum atomic E-state index is 12.4. The lowest BCUT2D eigenvalue weighted by Crippen LogP contribution is -2.14. The van der Waals surface area contributed by atoms with Crippen LogP contribution in [0.3, 0.4) is 0 Å². The number of rotatable bonds is 8. The van der Waals surface area contributed by atoms with Crippen LogP contribution >= 0.6 is 23.1 Å². The maximum Gasteiger partial charge on any atom is 0.231 e. The molecule has 0 saturated heterocycles. The second-order valence-corrected chi connectivity index (χ2v) is 9.67. The summed E-state index contributed by atoms with van der Waals surface area (Å²) in [6, 6.07) is 21.5. The van der Waals surface area contributed by atoms with Crippen LogP contribution in [0.25, 0.3) is 17.1 Å². The topological polar surface area (TPSA) is 85.6 Å². The van der Waals surface area contributed by atoms with Gasteiger partial charge in [0.25, 0.3) is 0 Å². The Bertz CT molecular complexity index is 1430. The van der Waals surface area contributed by atoms with E-state index >= 15 is 0 Å². The summed E-state index contributed by atoms with van der Waals surface area (Å²) in [4.78, 5) is 21.3. The molecule has 0 unspecified atom stereocenters. The van der Waals surface area contributed by atoms with Gasteiger partial charge in [-0.2, -0.15) is 0 Å². The van der Waals surface area contributed by atoms with Crippen LogP contribution in [0.4, 0.5) is 5.69 Å². The van der Waals surface area contributed by atoms with Crippen molar-refractivity contribution in [1.29, 1.82) is 0 Å². The van der Waals surface area contributed by atoms with Crippen molar-refractivity contribution in [1.82, 2.24) is 24.7 Å². The van der Waals surface area contributed by atoms with Crippen LogP contribution in [-0.2, 0) is 17.0 Å². The van der Waals surface area contributed by atoms with E-state index in [1.807, 2.05) is 60.0 Å². The number of benzene rings is 2. The molecule has 1 N–H and O–H groups in total. The highest BCUT2D eigenvalue weighted by Crippen LogP contribution is 2.31. The number of para-hydroxylation sites is 2. The lowest BCUT2D eigenvalue weighted by molar-refractivity contribution is -0.115. The molecule has 2 aromatic carbocycles. The molecule has 7 nitrogen and oxygen atoms in total. The minimum absolute atomic E-state index is 0.0786. The SMILES string of the molecule is Cc1ccccc1-n1c(SCc2csc(CC(=O)Nc3ccccc3)n2)nnc1-c1cccnc1. The summed E-state index contributed by atoms with van der Waals surface area (Å²) >= 11 is 3.06. The molecule has 0 saturated carbocycles. The molecule has 0 spiro atoms. The predicted octanol–water partition coefficient (Wildman–Crippen LogP) is 5.57. The zero-order valence-electron chi connectivity index (χ0n) is 19.0. The lowest BCUT2D eigenvalue weighted by atomic mass is 10.2. The van der Waals surface area contributed by atoms with Gasteiger partial charge in [-0.05, 0) is 42.8 Å². The molecular formula is C26H22N6OS2. The summed E-state index contributed by atoms with van der Waals surface area (Å²) < 4.78 is 2.07. The van der Waals surface area contributed by atoms with Gasteiger partial charge in [-0.25, -0.2) is 4.98 Å². The maximum absolute atomic E-state index is 12.4. The molecule has 35 heavy (non-hydrogen) atoms. The number of aromatic nitrogens is 5. The van der Waals surface area contributed by atoms with Crippen molar-refractivity contribution in [2.24, 2.45) is 0 Å². The van der Waals surface area contributed by atoms with Crippen molar-refractivity contribution >= 4 is 34.7 Å². The number of pyridine rings is 1. The van der Waals surface area contributed by atoms with Gasteiger partial charge in [0.05, 0.1) is 17.8 Å². The van der Waals surface area contributed by atoms with Crippen LogP contribution in [0.2, 0.25) is 0 Å². The van der Waals surface area contributed by atoms with E-state index in [4.69, 9.17) is 0 Å². The second kappa shape index (κ2) is 10.6. The van der Waals surface area contributed by atoms with Gasteiger partial charge in [-0.15, -0.1) is 21.5 Å². The van der Waals surface area contributed by atoms with E-state index in [9.17, 15) is 4.79 Å². The summed E-state index contributed by atoms with van der Waals surface area (Å²) in [6.07, 6.45) is 3.78. The number of carbonyl (C=O) groups is 1. The molecule has 0 aliphatic rings. The summed E-state index contributed by atoms with van der Waals surface area (Å²) in [5, 5.41) is 15.4. The molecule has 0 fully saturated rings. The first-order valence-corrected chi connectivity index (χ1v) is 12.9. The van der Waals surface area contributed by atoms with Gasteiger partial charge in [0.1, 0.15) is 5.01 Å². The van der Waals surface area contributed by atoms with E-state index in [1.165, 1.54) is 11.3 Å². The highest BCUT2D eigenvalue weighted by molar-refractivity contribution is 7.98. The largest absolute Gasteiger partial charge is 0.326 e. The number of aryl methyl sites for hydroxylation is 1. The fraction of sp³-hybridized carbons (Fsp3) is 0.115. The number of anilines is 1. The number of thioether (sulfide) groups is 1. The number of carbonyl (C=O) groups excluding carboxylic acids is 1. The van der Waals surface area contributed by atoms with Gasteiger partial charge in [-0.3, -0.25) is 14.3 Å². The first-order valence-electron chi connectivity index (χ1n) is 11.0. The van der Waals surface area contributed by atoms with Gasteiger partial charge in [0.15, 0.2) is 11.0 Å². The van der Waals surface area contributed by atoms with Crippen LogP contribution in [0.1, 0.15) is 16.3 Å². The molecule has 9 heteroatoms. The van der Waals surface area contributed by atoms with Crippen LogP contribution in [0, 0.1) is 6.92 Å². The van der Waals surface area contributed by atoms with E-state index in [0.29, 0.717) is 5.75 Å². The standard InChI is InChI=1S/C26H22N6OS2/c1-18-8-5-6-12-22(18)32-25(19-9-7-13-27-15-19)30-31-26(32)35-17-21-16-34-24(29-21)14-23(33)28-20-10-3-2-4-11-20/h2-13,15-16H,14,17H2,1H3,(H,28,33). The molecule has 3 heterocycles. The van der Waals surface area contributed by atoms with Gasteiger partial charge >= 0.3 is 0 Å². The quantitative estimate of drug-likeness (QED) is 0.282. The van der Waals surface area contributed by atoms with Crippen molar-refractivity contribution in [2.45, 2.75) is 24.3 Å². The Kier molecular flexibility index (Phi) is 6.97. The Morgan fingerprint density at radius 3 is 2.66 bits per heavy atom. The minimum atomic E-state index is -0.0786. The molecule has 0 atom stereocenters. The van der Waals surface area contributed by atoms with E-state index < -0.39 is 0 Å². The number of nitrogens with one attached hydrogen (secondary N) is 1. The first-order chi connectivity index (χ1) is 17.2. The van der Waals surface area contributed by atoms with Crippen LogP contribution in [0.15, 0.2) is 89.7 Å². The van der Waals surface area contributed by atoms with Gasteiger partial charge in [0.2, 0.25) is 5.91 Å².